The van der Waals surface area contributed by atoms with Crippen molar-refractivity contribution in [3.63, 3.8) is 0 Å². The fraction of sp³-hybridized carbons (Fsp3) is 0.250. The quantitative estimate of drug-likeness (QED) is 0.906. The Morgan fingerprint density at radius 2 is 2.11 bits per heavy atom. The van der Waals surface area contributed by atoms with E-state index in [2.05, 4.69) is 10.3 Å². The summed E-state index contributed by atoms with van der Waals surface area (Å²) in [6, 6.07) is 3.16. The van der Waals surface area contributed by atoms with Crippen molar-refractivity contribution in [2.75, 3.05) is 0 Å². The van der Waals surface area contributed by atoms with Gasteiger partial charge in [0.25, 0.3) is 0 Å². The van der Waals surface area contributed by atoms with Crippen LogP contribution >= 0.6 is 23.2 Å². The summed E-state index contributed by atoms with van der Waals surface area (Å²) < 4.78 is 5.31. The zero-order valence-electron chi connectivity index (χ0n) is 9.70. The van der Waals surface area contributed by atoms with Gasteiger partial charge in [-0.15, -0.1) is 0 Å². The van der Waals surface area contributed by atoms with E-state index in [0.717, 1.165) is 5.76 Å². The second-order valence-electron chi connectivity index (χ2n) is 3.86. The van der Waals surface area contributed by atoms with Crippen molar-refractivity contribution in [1.29, 1.82) is 0 Å². The van der Waals surface area contributed by atoms with E-state index in [1.54, 1.807) is 12.3 Å². The third-order valence-electron chi connectivity index (χ3n) is 2.37. The Hall–Kier alpha value is -1.23. The summed E-state index contributed by atoms with van der Waals surface area (Å²) >= 11 is 11.7. The highest BCUT2D eigenvalue weighted by molar-refractivity contribution is 6.35. The minimum Gasteiger partial charge on any atom is -0.506 e. The number of nitrogens with zero attached hydrogens (tertiary/aromatic N) is 1. The first-order valence-corrected chi connectivity index (χ1v) is 6.11. The van der Waals surface area contributed by atoms with Gasteiger partial charge in [-0.1, -0.05) is 23.2 Å². The Kier molecular flexibility index (Phi) is 4.11. The molecule has 6 heteroatoms. The van der Waals surface area contributed by atoms with Crippen molar-refractivity contribution < 1.29 is 9.52 Å². The molecule has 0 saturated heterocycles. The standard InChI is InChI=1S/C12H12Cl2N2O2/c1-7-4-16-11(18-7)6-15-5-8-2-9(13)3-10(14)12(8)17/h2-4,15,17H,5-6H2,1H3. The molecular formula is C12H12Cl2N2O2. The van der Waals surface area contributed by atoms with Gasteiger partial charge in [-0.05, 0) is 19.1 Å². The number of oxazole rings is 1. The Morgan fingerprint density at radius 3 is 2.78 bits per heavy atom. The molecule has 96 valence electrons. The van der Waals surface area contributed by atoms with Crippen LogP contribution in [0.15, 0.2) is 22.7 Å². The molecular weight excluding hydrogens is 275 g/mol. The average Bonchev–Trinajstić information content (AvgIpc) is 2.71. The topological polar surface area (TPSA) is 58.3 Å². The maximum atomic E-state index is 9.75. The number of aromatic hydroxyl groups is 1. The highest BCUT2D eigenvalue weighted by atomic mass is 35.5. The van der Waals surface area contributed by atoms with Crippen LogP contribution in [0.5, 0.6) is 5.75 Å². The van der Waals surface area contributed by atoms with Crippen LogP contribution in [0.4, 0.5) is 0 Å². The lowest BCUT2D eigenvalue weighted by molar-refractivity contribution is 0.440. The zero-order chi connectivity index (χ0) is 13.1. The third-order valence-corrected chi connectivity index (χ3v) is 2.87. The predicted molar refractivity (Wildman–Crippen MR) is 69.9 cm³/mol. The van der Waals surface area contributed by atoms with Gasteiger partial charge >= 0.3 is 0 Å². The summed E-state index contributed by atoms with van der Waals surface area (Å²) in [5.74, 6) is 1.40. The molecule has 0 spiro atoms. The molecule has 0 fully saturated rings. The third kappa shape index (κ3) is 3.16. The van der Waals surface area contributed by atoms with Crippen molar-refractivity contribution >= 4 is 23.2 Å². The lowest BCUT2D eigenvalue weighted by Crippen LogP contribution is -2.13. The zero-order valence-corrected chi connectivity index (χ0v) is 11.2. The van der Waals surface area contributed by atoms with Crippen LogP contribution < -0.4 is 5.32 Å². The van der Waals surface area contributed by atoms with Crippen LogP contribution in [0.2, 0.25) is 10.0 Å². The van der Waals surface area contributed by atoms with Gasteiger partial charge in [0.2, 0.25) is 5.89 Å². The SMILES string of the molecule is Cc1cnc(CNCc2cc(Cl)cc(Cl)c2O)o1. The van der Waals surface area contributed by atoms with Crippen LogP contribution in [0.25, 0.3) is 0 Å². The van der Waals surface area contributed by atoms with Crippen molar-refractivity contribution in [3.8, 4) is 5.75 Å². The molecule has 18 heavy (non-hydrogen) atoms. The molecule has 2 rings (SSSR count). The fourth-order valence-electron chi connectivity index (χ4n) is 1.54. The summed E-state index contributed by atoms with van der Waals surface area (Å²) in [6.45, 7) is 2.73. The van der Waals surface area contributed by atoms with Crippen LogP contribution in [0, 0.1) is 6.92 Å². The van der Waals surface area contributed by atoms with E-state index in [4.69, 9.17) is 27.6 Å². The second kappa shape index (κ2) is 5.61. The number of hydrogen-bond donors (Lipinski definition) is 2. The Balaban J connectivity index is 1.98. The summed E-state index contributed by atoms with van der Waals surface area (Å²) in [5, 5.41) is 13.6. The largest absolute Gasteiger partial charge is 0.506 e. The number of hydrogen-bond acceptors (Lipinski definition) is 4. The van der Waals surface area contributed by atoms with Gasteiger partial charge in [-0.25, -0.2) is 4.98 Å². The lowest BCUT2D eigenvalue weighted by Gasteiger charge is -2.07. The van der Waals surface area contributed by atoms with Gasteiger partial charge < -0.3 is 14.8 Å². The predicted octanol–water partition coefficient (Wildman–Crippen LogP) is 3.29. The molecule has 0 radical (unpaired) electrons. The van der Waals surface area contributed by atoms with Gasteiger partial charge in [0, 0.05) is 17.1 Å². The molecule has 0 aliphatic carbocycles. The first-order valence-electron chi connectivity index (χ1n) is 5.35. The van der Waals surface area contributed by atoms with E-state index >= 15 is 0 Å². The normalized spacial score (nSPS) is 10.8. The minimum absolute atomic E-state index is 0.0390. The molecule has 2 aromatic rings. The molecule has 0 amide bonds. The van der Waals surface area contributed by atoms with Gasteiger partial charge in [-0.2, -0.15) is 0 Å². The molecule has 1 aromatic carbocycles. The van der Waals surface area contributed by atoms with Crippen LogP contribution in [0.3, 0.4) is 0 Å². The maximum Gasteiger partial charge on any atom is 0.208 e. The molecule has 1 heterocycles. The number of phenols is 1. The molecule has 0 unspecified atom stereocenters. The highest BCUT2D eigenvalue weighted by Gasteiger charge is 2.08. The Bertz CT molecular complexity index is 555. The molecule has 4 nitrogen and oxygen atoms in total. The molecule has 0 saturated carbocycles. The smallest absolute Gasteiger partial charge is 0.208 e. The summed E-state index contributed by atoms with van der Waals surface area (Å²) in [7, 11) is 0. The van der Waals surface area contributed by atoms with E-state index in [-0.39, 0.29) is 10.8 Å². The Morgan fingerprint density at radius 1 is 1.33 bits per heavy atom. The van der Waals surface area contributed by atoms with Gasteiger partial charge in [0.1, 0.15) is 11.5 Å². The number of phenolic OH excluding ortho intramolecular Hbond substituents is 1. The van der Waals surface area contributed by atoms with E-state index < -0.39 is 0 Å². The summed E-state index contributed by atoms with van der Waals surface area (Å²) in [6.07, 6.45) is 1.66. The molecule has 0 aliphatic rings. The van der Waals surface area contributed by atoms with Crippen LogP contribution in [-0.4, -0.2) is 10.1 Å². The fourth-order valence-corrected chi connectivity index (χ4v) is 2.08. The maximum absolute atomic E-state index is 9.75. The highest BCUT2D eigenvalue weighted by Crippen LogP contribution is 2.30. The number of aryl methyl sites for hydroxylation is 1. The number of aromatic nitrogens is 1. The minimum atomic E-state index is 0.0390. The van der Waals surface area contributed by atoms with Gasteiger partial charge in [-0.3, -0.25) is 0 Å². The van der Waals surface area contributed by atoms with E-state index in [1.165, 1.54) is 6.07 Å². The van der Waals surface area contributed by atoms with Gasteiger partial charge in [0.15, 0.2) is 0 Å². The second-order valence-corrected chi connectivity index (χ2v) is 4.71. The van der Waals surface area contributed by atoms with E-state index in [1.807, 2.05) is 6.92 Å². The monoisotopic (exact) mass is 286 g/mol. The van der Waals surface area contributed by atoms with Gasteiger partial charge in [0.05, 0.1) is 17.8 Å². The van der Waals surface area contributed by atoms with Crippen LogP contribution in [-0.2, 0) is 13.1 Å². The summed E-state index contributed by atoms with van der Waals surface area (Å²) in [4.78, 5) is 4.06. The molecule has 0 bridgehead atoms. The van der Waals surface area contributed by atoms with E-state index in [0.29, 0.717) is 29.6 Å². The molecule has 2 N–H and O–H groups in total. The molecule has 1 aromatic heterocycles. The summed E-state index contributed by atoms with van der Waals surface area (Å²) in [5.41, 5.74) is 0.635. The number of halogens is 2. The van der Waals surface area contributed by atoms with Crippen LogP contribution in [0.1, 0.15) is 17.2 Å². The van der Waals surface area contributed by atoms with Crippen molar-refractivity contribution in [2.24, 2.45) is 0 Å². The number of benzene rings is 1. The molecule has 0 atom stereocenters. The first-order chi connectivity index (χ1) is 8.56. The average molecular weight is 287 g/mol. The molecule has 0 aliphatic heterocycles. The van der Waals surface area contributed by atoms with Crippen molar-refractivity contribution in [1.82, 2.24) is 10.3 Å². The number of rotatable bonds is 4. The van der Waals surface area contributed by atoms with E-state index in [9.17, 15) is 5.11 Å². The van der Waals surface area contributed by atoms with Crippen molar-refractivity contribution in [3.05, 3.63) is 45.6 Å². The number of nitrogens with one attached hydrogen (secondary N) is 1. The first kappa shape index (κ1) is 13.2. The van der Waals surface area contributed by atoms with Crippen molar-refractivity contribution in [2.45, 2.75) is 20.0 Å². The lowest BCUT2D eigenvalue weighted by atomic mass is 10.2. The Labute approximate surface area is 115 Å².